The number of benzene rings is 1. The fourth-order valence-electron chi connectivity index (χ4n) is 3.47. The highest BCUT2D eigenvalue weighted by atomic mass is 16.4. The summed E-state index contributed by atoms with van der Waals surface area (Å²) in [7, 11) is 0. The molecule has 104 valence electrons. The molecule has 3 rings (SSSR count). The number of rotatable bonds is 2. The normalized spacial score (nSPS) is 26.6. The van der Waals surface area contributed by atoms with E-state index in [0.717, 1.165) is 35.7 Å². The van der Waals surface area contributed by atoms with Crippen molar-refractivity contribution in [1.82, 2.24) is 4.98 Å². The number of pyridine rings is 1. The van der Waals surface area contributed by atoms with Crippen LogP contribution in [0.1, 0.15) is 37.7 Å². The zero-order valence-electron chi connectivity index (χ0n) is 11.6. The molecule has 3 unspecified atom stereocenters. The Balaban J connectivity index is 2.09. The summed E-state index contributed by atoms with van der Waals surface area (Å²) >= 11 is 0. The molecule has 1 saturated carbocycles. The van der Waals surface area contributed by atoms with Gasteiger partial charge in [-0.3, -0.25) is 9.78 Å². The molecular weight excluding hydrogens is 250 g/mol. The summed E-state index contributed by atoms with van der Waals surface area (Å²) in [6.07, 6.45) is 4.52. The third kappa shape index (κ3) is 2.28. The van der Waals surface area contributed by atoms with Crippen molar-refractivity contribution in [2.24, 2.45) is 11.8 Å². The van der Waals surface area contributed by atoms with Gasteiger partial charge in [-0.25, -0.2) is 0 Å². The van der Waals surface area contributed by atoms with Gasteiger partial charge in [0.15, 0.2) is 0 Å². The smallest absolute Gasteiger partial charge is 0.307 e. The maximum atomic E-state index is 11.6. The Morgan fingerprint density at radius 3 is 2.90 bits per heavy atom. The molecular formula is C17H19NO2. The summed E-state index contributed by atoms with van der Waals surface area (Å²) in [5, 5.41) is 10.6. The van der Waals surface area contributed by atoms with E-state index < -0.39 is 5.97 Å². The van der Waals surface area contributed by atoms with Crippen LogP contribution in [0.25, 0.3) is 10.9 Å². The van der Waals surface area contributed by atoms with Crippen LogP contribution in [0.2, 0.25) is 0 Å². The second-order valence-electron chi connectivity index (χ2n) is 5.89. The van der Waals surface area contributed by atoms with Gasteiger partial charge in [0.1, 0.15) is 0 Å². The van der Waals surface area contributed by atoms with Gasteiger partial charge in [-0.15, -0.1) is 0 Å². The predicted octanol–water partition coefficient (Wildman–Crippen LogP) is 3.84. The number of aromatic nitrogens is 1. The monoisotopic (exact) mass is 269 g/mol. The molecule has 1 fully saturated rings. The molecule has 2 aromatic rings. The fourth-order valence-corrected chi connectivity index (χ4v) is 3.47. The summed E-state index contributed by atoms with van der Waals surface area (Å²) in [5.74, 6) is -0.244. The molecule has 0 spiro atoms. The van der Waals surface area contributed by atoms with E-state index >= 15 is 0 Å². The number of nitrogens with zero attached hydrogens (tertiary/aromatic N) is 1. The predicted molar refractivity (Wildman–Crippen MR) is 78.6 cm³/mol. The Kier molecular flexibility index (Phi) is 3.43. The second kappa shape index (κ2) is 5.23. The average Bonchev–Trinajstić information content (AvgIpc) is 2.46. The summed E-state index contributed by atoms with van der Waals surface area (Å²) in [5.41, 5.74) is 2.10. The average molecular weight is 269 g/mol. The van der Waals surface area contributed by atoms with E-state index in [1.807, 2.05) is 18.2 Å². The molecule has 1 aromatic carbocycles. The molecule has 0 radical (unpaired) electrons. The van der Waals surface area contributed by atoms with Crippen LogP contribution in [0, 0.1) is 11.8 Å². The van der Waals surface area contributed by atoms with Crippen LogP contribution in [0.4, 0.5) is 0 Å². The van der Waals surface area contributed by atoms with E-state index in [0.29, 0.717) is 5.92 Å². The van der Waals surface area contributed by atoms with Crippen LogP contribution in [0.15, 0.2) is 36.5 Å². The lowest BCUT2D eigenvalue weighted by Crippen LogP contribution is -2.28. The molecule has 1 heterocycles. The zero-order chi connectivity index (χ0) is 14.1. The van der Waals surface area contributed by atoms with Crippen molar-refractivity contribution in [1.29, 1.82) is 0 Å². The minimum absolute atomic E-state index is 0.101. The lowest BCUT2D eigenvalue weighted by molar-refractivity contribution is -0.143. The Hall–Kier alpha value is -1.90. The van der Waals surface area contributed by atoms with Crippen LogP contribution in [0.3, 0.4) is 0 Å². The first-order valence-corrected chi connectivity index (χ1v) is 7.23. The third-order valence-corrected chi connectivity index (χ3v) is 4.51. The molecule has 1 N–H and O–H groups in total. The van der Waals surface area contributed by atoms with Crippen molar-refractivity contribution in [3.63, 3.8) is 0 Å². The van der Waals surface area contributed by atoms with Crippen LogP contribution in [-0.2, 0) is 4.79 Å². The highest BCUT2D eigenvalue weighted by Crippen LogP contribution is 2.42. The van der Waals surface area contributed by atoms with Crippen molar-refractivity contribution in [2.45, 2.75) is 32.1 Å². The summed E-state index contributed by atoms with van der Waals surface area (Å²) in [6, 6.07) is 10.0. The van der Waals surface area contributed by atoms with E-state index in [9.17, 15) is 9.90 Å². The second-order valence-corrected chi connectivity index (χ2v) is 5.89. The molecule has 3 nitrogen and oxygen atoms in total. The number of aliphatic carboxylic acids is 1. The van der Waals surface area contributed by atoms with Gasteiger partial charge in [0, 0.05) is 11.6 Å². The van der Waals surface area contributed by atoms with E-state index in [4.69, 9.17) is 0 Å². The first-order chi connectivity index (χ1) is 9.66. The molecule has 1 aliphatic carbocycles. The maximum Gasteiger partial charge on any atom is 0.307 e. The van der Waals surface area contributed by atoms with Gasteiger partial charge in [-0.2, -0.15) is 0 Å². The van der Waals surface area contributed by atoms with Crippen LogP contribution in [0.5, 0.6) is 0 Å². The topological polar surface area (TPSA) is 50.2 Å². The zero-order valence-corrected chi connectivity index (χ0v) is 11.6. The number of carbonyl (C=O) groups is 1. The molecule has 0 amide bonds. The van der Waals surface area contributed by atoms with Gasteiger partial charge in [0.05, 0.1) is 11.4 Å². The molecule has 20 heavy (non-hydrogen) atoms. The maximum absolute atomic E-state index is 11.6. The molecule has 3 atom stereocenters. The first-order valence-electron chi connectivity index (χ1n) is 7.23. The summed E-state index contributed by atoms with van der Waals surface area (Å²) in [6.45, 7) is 2.22. The van der Waals surface area contributed by atoms with E-state index in [2.05, 4.69) is 24.0 Å². The summed E-state index contributed by atoms with van der Waals surface area (Å²) in [4.78, 5) is 15.9. The Bertz CT molecular complexity index is 632. The lowest BCUT2D eigenvalue weighted by Gasteiger charge is -2.33. The molecule has 1 aromatic heterocycles. The molecule has 0 saturated heterocycles. The first kappa shape index (κ1) is 13.1. The van der Waals surface area contributed by atoms with Gasteiger partial charge in [-0.1, -0.05) is 25.1 Å². The number of hydrogen-bond acceptors (Lipinski definition) is 2. The fraction of sp³-hybridized carbons (Fsp3) is 0.412. The van der Waals surface area contributed by atoms with E-state index in [1.165, 1.54) is 0 Å². The van der Waals surface area contributed by atoms with Crippen molar-refractivity contribution in [3.05, 3.63) is 42.1 Å². The molecule has 1 aliphatic rings. The number of carboxylic acids is 1. The Labute approximate surface area is 118 Å². The number of carboxylic acid groups (broad SMARTS) is 1. The Morgan fingerprint density at radius 1 is 1.25 bits per heavy atom. The highest BCUT2D eigenvalue weighted by Gasteiger charge is 2.35. The Morgan fingerprint density at radius 2 is 2.10 bits per heavy atom. The number of fused-ring (bicyclic) bond motifs is 1. The van der Waals surface area contributed by atoms with Crippen molar-refractivity contribution in [3.8, 4) is 0 Å². The van der Waals surface area contributed by atoms with Crippen LogP contribution in [-0.4, -0.2) is 16.1 Å². The van der Waals surface area contributed by atoms with Crippen molar-refractivity contribution < 1.29 is 9.90 Å². The van der Waals surface area contributed by atoms with Crippen LogP contribution >= 0.6 is 0 Å². The van der Waals surface area contributed by atoms with Crippen LogP contribution < -0.4 is 0 Å². The van der Waals surface area contributed by atoms with Gasteiger partial charge < -0.3 is 5.11 Å². The quantitative estimate of drug-likeness (QED) is 0.901. The highest BCUT2D eigenvalue weighted by molar-refractivity contribution is 5.83. The molecule has 0 aliphatic heterocycles. The van der Waals surface area contributed by atoms with Gasteiger partial charge in [0.2, 0.25) is 0 Å². The van der Waals surface area contributed by atoms with E-state index in [-0.39, 0.29) is 11.8 Å². The number of hydrogen-bond donors (Lipinski definition) is 1. The SMILES string of the molecule is CC1CCC(C(=O)O)C(c2cccc3ncccc23)C1. The standard InChI is InChI=1S/C17H19NO2/c1-11-7-8-14(17(19)20)15(10-11)12-4-2-6-16-13(12)5-3-9-18-16/h2-6,9,11,14-15H,7-8,10H2,1H3,(H,19,20). The molecule has 0 bridgehead atoms. The molecule has 3 heteroatoms. The van der Waals surface area contributed by atoms with Gasteiger partial charge in [-0.05, 0) is 48.8 Å². The third-order valence-electron chi connectivity index (χ3n) is 4.51. The largest absolute Gasteiger partial charge is 0.481 e. The van der Waals surface area contributed by atoms with Gasteiger partial charge >= 0.3 is 5.97 Å². The summed E-state index contributed by atoms with van der Waals surface area (Å²) < 4.78 is 0. The minimum Gasteiger partial charge on any atom is -0.481 e. The van der Waals surface area contributed by atoms with Crippen molar-refractivity contribution >= 4 is 16.9 Å². The minimum atomic E-state index is -0.664. The van der Waals surface area contributed by atoms with E-state index in [1.54, 1.807) is 6.20 Å². The van der Waals surface area contributed by atoms with Gasteiger partial charge in [0.25, 0.3) is 0 Å². The lowest BCUT2D eigenvalue weighted by atomic mass is 9.71. The van der Waals surface area contributed by atoms with Crippen molar-refractivity contribution in [2.75, 3.05) is 0 Å².